The van der Waals surface area contributed by atoms with Crippen LogP contribution < -0.4 is 4.90 Å². The lowest BCUT2D eigenvalue weighted by Crippen LogP contribution is -2.40. The van der Waals surface area contributed by atoms with Gasteiger partial charge >= 0.3 is 5.97 Å². The van der Waals surface area contributed by atoms with Crippen molar-refractivity contribution >= 4 is 17.8 Å². The highest BCUT2D eigenvalue weighted by atomic mass is 16.5. The van der Waals surface area contributed by atoms with Gasteiger partial charge in [0.1, 0.15) is 6.54 Å². The van der Waals surface area contributed by atoms with E-state index in [0.717, 1.165) is 0 Å². The largest absolute Gasteiger partial charge is 0.465 e. The summed E-state index contributed by atoms with van der Waals surface area (Å²) in [6.45, 7) is 2.06. The quantitative estimate of drug-likeness (QED) is 0.671. The molecule has 7 nitrogen and oxygen atoms in total. The number of hydrogen-bond donors (Lipinski definition) is 0. The molecular weight excluding hydrogens is 248 g/mol. The van der Waals surface area contributed by atoms with Gasteiger partial charge < -0.3 is 14.5 Å². The monoisotopic (exact) mass is 266 g/mol. The number of likely N-dealkylation sites (N-methyl/N-ethyl adjacent to an activating group) is 2. The van der Waals surface area contributed by atoms with Crippen molar-refractivity contribution in [1.29, 1.82) is 0 Å². The summed E-state index contributed by atoms with van der Waals surface area (Å²) in [6, 6.07) is 1.70. The van der Waals surface area contributed by atoms with Gasteiger partial charge in [-0.15, -0.1) is 0 Å². The molecule has 1 aromatic rings. The number of rotatable bonds is 6. The van der Waals surface area contributed by atoms with E-state index in [-0.39, 0.29) is 19.0 Å². The zero-order valence-electron chi connectivity index (χ0n) is 11.4. The first-order valence-electron chi connectivity index (χ1n) is 5.92. The maximum absolute atomic E-state index is 11.9. The van der Waals surface area contributed by atoms with Crippen LogP contribution in [0.3, 0.4) is 0 Å². The number of amides is 1. The number of carbonyl (C=O) groups is 2. The standard InChI is InChI=1S/C12H18N4O3/c1-4-19-11(18)9-15(2)10(17)8-16(3)12-13-6-5-7-14-12/h5-7H,4,8-9H2,1-3H3. The van der Waals surface area contributed by atoms with Crippen LogP contribution in [0.2, 0.25) is 0 Å². The Hall–Kier alpha value is -2.18. The molecule has 1 rings (SSSR count). The van der Waals surface area contributed by atoms with E-state index < -0.39 is 5.97 Å². The van der Waals surface area contributed by atoms with Crippen molar-refractivity contribution in [2.45, 2.75) is 6.92 Å². The first kappa shape index (κ1) is 14.9. The first-order chi connectivity index (χ1) is 9.04. The highest BCUT2D eigenvalue weighted by Gasteiger charge is 2.16. The van der Waals surface area contributed by atoms with Crippen LogP contribution in [-0.2, 0) is 14.3 Å². The van der Waals surface area contributed by atoms with Crippen molar-refractivity contribution in [3.05, 3.63) is 18.5 Å². The molecule has 1 heterocycles. The molecule has 0 fully saturated rings. The van der Waals surface area contributed by atoms with E-state index in [4.69, 9.17) is 4.74 Å². The van der Waals surface area contributed by atoms with E-state index in [0.29, 0.717) is 12.6 Å². The van der Waals surface area contributed by atoms with Crippen LogP contribution >= 0.6 is 0 Å². The Balaban J connectivity index is 2.48. The fraction of sp³-hybridized carbons (Fsp3) is 0.500. The van der Waals surface area contributed by atoms with E-state index in [1.165, 1.54) is 4.90 Å². The summed E-state index contributed by atoms with van der Waals surface area (Å²) in [6.07, 6.45) is 3.21. The van der Waals surface area contributed by atoms with Crippen LogP contribution in [0.5, 0.6) is 0 Å². The van der Waals surface area contributed by atoms with Crippen molar-refractivity contribution in [2.75, 3.05) is 38.7 Å². The number of aromatic nitrogens is 2. The summed E-state index contributed by atoms with van der Waals surface area (Å²) in [4.78, 5) is 34.1. The van der Waals surface area contributed by atoms with Gasteiger partial charge in [-0.3, -0.25) is 9.59 Å². The van der Waals surface area contributed by atoms with Crippen molar-refractivity contribution < 1.29 is 14.3 Å². The summed E-state index contributed by atoms with van der Waals surface area (Å²) < 4.78 is 4.78. The second-order valence-corrected chi connectivity index (χ2v) is 3.96. The first-order valence-corrected chi connectivity index (χ1v) is 5.92. The molecule has 0 spiro atoms. The molecule has 0 aliphatic rings. The molecule has 0 atom stereocenters. The summed E-state index contributed by atoms with van der Waals surface area (Å²) in [5, 5.41) is 0. The number of hydrogen-bond acceptors (Lipinski definition) is 6. The summed E-state index contributed by atoms with van der Waals surface area (Å²) in [5.41, 5.74) is 0. The van der Waals surface area contributed by atoms with Crippen molar-refractivity contribution in [1.82, 2.24) is 14.9 Å². The highest BCUT2D eigenvalue weighted by Crippen LogP contribution is 2.02. The lowest BCUT2D eigenvalue weighted by atomic mass is 10.4. The summed E-state index contributed by atoms with van der Waals surface area (Å²) >= 11 is 0. The molecule has 1 aromatic heterocycles. The van der Waals surface area contributed by atoms with Gasteiger partial charge in [0, 0.05) is 26.5 Å². The van der Waals surface area contributed by atoms with E-state index in [1.807, 2.05) is 0 Å². The number of esters is 1. The Bertz CT molecular complexity index is 424. The zero-order valence-corrected chi connectivity index (χ0v) is 11.4. The molecule has 0 saturated carbocycles. The third-order valence-corrected chi connectivity index (χ3v) is 2.36. The van der Waals surface area contributed by atoms with Crippen molar-refractivity contribution in [2.24, 2.45) is 0 Å². The molecule has 104 valence electrons. The predicted molar refractivity (Wildman–Crippen MR) is 69.6 cm³/mol. The fourth-order valence-electron chi connectivity index (χ4n) is 1.37. The second kappa shape index (κ2) is 7.30. The molecular formula is C12H18N4O3. The minimum absolute atomic E-state index is 0.0594. The molecule has 0 bridgehead atoms. The van der Waals surface area contributed by atoms with Gasteiger partial charge in [-0.2, -0.15) is 0 Å². The Morgan fingerprint density at radius 1 is 1.21 bits per heavy atom. The molecule has 0 N–H and O–H groups in total. The Morgan fingerprint density at radius 2 is 1.84 bits per heavy atom. The van der Waals surface area contributed by atoms with E-state index in [1.54, 1.807) is 44.4 Å². The lowest BCUT2D eigenvalue weighted by molar-refractivity contribution is -0.147. The average molecular weight is 266 g/mol. The molecule has 0 saturated heterocycles. The number of anilines is 1. The molecule has 7 heteroatoms. The van der Waals surface area contributed by atoms with Gasteiger partial charge in [-0.1, -0.05) is 0 Å². The molecule has 0 aliphatic carbocycles. The highest BCUT2D eigenvalue weighted by molar-refractivity contribution is 5.84. The van der Waals surface area contributed by atoms with Gasteiger partial charge in [-0.25, -0.2) is 9.97 Å². The lowest BCUT2D eigenvalue weighted by Gasteiger charge is -2.21. The van der Waals surface area contributed by atoms with Gasteiger partial charge in [0.15, 0.2) is 0 Å². The molecule has 0 aliphatic heterocycles. The van der Waals surface area contributed by atoms with Crippen LogP contribution in [-0.4, -0.2) is 60.5 Å². The number of carbonyl (C=O) groups excluding carboxylic acids is 2. The third kappa shape index (κ3) is 4.90. The molecule has 19 heavy (non-hydrogen) atoms. The van der Waals surface area contributed by atoms with Crippen LogP contribution in [0.25, 0.3) is 0 Å². The smallest absolute Gasteiger partial charge is 0.325 e. The molecule has 0 unspecified atom stereocenters. The van der Waals surface area contributed by atoms with Crippen LogP contribution in [0.15, 0.2) is 18.5 Å². The average Bonchev–Trinajstić information content (AvgIpc) is 2.39. The normalized spacial score (nSPS) is 9.84. The van der Waals surface area contributed by atoms with E-state index in [9.17, 15) is 9.59 Å². The predicted octanol–water partition coefficient (Wildman–Crippen LogP) is -0.0657. The molecule has 0 radical (unpaired) electrons. The zero-order chi connectivity index (χ0) is 14.3. The Labute approximate surface area is 112 Å². The SMILES string of the molecule is CCOC(=O)CN(C)C(=O)CN(C)c1ncccn1. The van der Waals surface area contributed by atoms with E-state index >= 15 is 0 Å². The topological polar surface area (TPSA) is 75.6 Å². The second-order valence-electron chi connectivity index (χ2n) is 3.96. The van der Waals surface area contributed by atoms with Gasteiger partial charge in [0.25, 0.3) is 0 Å². The minimum atomic E-state index is -0.419. The van der Waals surface area contributed by atoms with Crippen molar-refractivity contribution in [3.63, 3.8) is 0 Å². The summed E-state index contributed by atoms with van der Waals surface area (Å²) in [7, 11) is 3.27. The van der Waals surface area contributed by atoms with E-state index in [2.05, 4.69) is 9.97 Å². The number of ether oxygens (including phenoxy) is 1. The van der Waals surface area contributed by atoms with Crippen LogP contribution in [0.4, 0.5) is 5.95 Å². The minimum Gasteiger partial charge on any atom is -0.465 e. The maximum Gasteiger partial charge on any atom is 0.325 e. The maximum atomic E-state index is 11.9. The molecule has 0 aromatic carbocycles. The van der Waals surface area contributed by atoms with Gasteiger partial charge in [0.2, 0.25) is 11.9 Å². The van der Waals surface area contributed by atoms with Gasteiger partial charge in [0.05, 0.1) is 13.2 Å². The van der Waals surface area contributed by atoms with Crippen molar-refractivity contribution in [3.8, 4) is 0 Å². The summed E-state index contributed by atoms with van der Waals surface area (Å²) in [5.74, 6) is -0.166. The Morgan fingerprint density at radius 3 is 2.42 bits per heavy atom. The number of nitrogens with zero attached hydrogens (tertiary/aromatic N) is 4. The fourth-order valence-corrected chi connectivity index (χ4v) is 1.37. The Kier molecular flexibility index (Phi) is 5.72. The third-order valence-electron chi connectivity index (χ3n) is 2.36. The van der Waals surface area contributed by atoms with Crippen LogP contribution in [0, 0.1) is 0 Å². The van der Waals surface area contributed by atoms with Crippen LogP contribution in [0.1, 0.15) is 6.92 Å². The molecule has 1 amide bonds. The van der Waals surface area contributed by atoms with Gasteiger partial charge in [-0.05, 0) is 13.0 Å².